The number of guanidine groups is 1. The summed E-state index contributed by atoms with van der Waals surface area (Å²) in [7, 11) is 0. The highest BCUT2D eigenvalue weighted by Crippen LogP contribution is 2.19. The van der Waals surface area contributed by atoms with Crippen molar-refractivity contribution in [1.29, 1.82) is 0 Å². The number of nitrogens with zero attached hydrogens (tertiary/aromatic N) is 1. The molecule has 0 aliphatic rings. The molecule has 0 spiro atoms. The Labute approximate surface area is 205 Å². The van der Waals surface area contributed by atoms with Crippen LogP contribution in [-0.4, -0.2) is 56.1 Å². The van der Waals surface area contributed by atoms with Gasteiger partial charge in [0.25, 0.3) is 0 Å². The smallest absolute Gasteiger partial charge is 0.407 e. The van der Waals surface area contributed by atoms with E-state index in [1.165, 1.54) is 24.3 Å². The van der Waals surface area contributed by atoms with E-state index >= 15 is 0 Å². The summed E-state index contributed by atoms with van der Waals surface area (Å²) in [4.78, 5) is 16.1. The second kappa shape index (κ2) is 16.7. The Morgan fingerprint density at radius 2 is 1.81 bits per heavy atom. The third kappa shape index (κ3) is 12.8. The van der Waals surface area contributed by atoms with Crippen molar-refractivity contribution in [3.8, 4) is 5.75 Å². The van der Waals surface area contributed by atoms with Crippen molar-refractivity contribution < 1.29 is 28.2 Å². The fourth-order valence-electron chi connectivity index (χ4n) is 2.82. The minimum absolute atomic E-state index is 0. The molecule has 0 aromatic heterocycles. The van der Waals surface area contributed by atoms with Gasteiger partial charge in [0.1, 0.15) is 5.75 Å². The van der Waals surface area contributed by atoms with Gasteiger partial charge >= 0.3 is 12.7 Å². The van der Waals surface area contributed by atoms with Crippen LogP contribution in [0.15, 0.2) is 29.3 Å². The molecule has 2 unspecified atom stereocenters. The molecule has 1 amide bonds. The van der Waals surface area contributed by atoms with Gasteiger partial charge < -0.3 is 30.5 Å². The van der Waals surface area contributed by atoms with Gasteiger partial charge in [0, 0.05) is 19.1 Å². The number of carbonyl (C=O) groups excluding carboxylic acids is 1. The van der Waals surface area contributed by atoms with E-state index < -0.39 is 18.8 Å². The number of nitrogens with one attached hydrogen (secondary N) is 3. The Morgan fingerprint density at radius 1 is 1.16 bits per heavy atom. The molecular weight excluding hydrogens is 537 g/mol. The molecule has 2 atom stereocenters. The maximum Gasteiger partial charge on any atom is 0.407 e. The van der Waals surface area contributed by atoms with Crippen molar-refractivity contribution in [3.63, 3.8) is 0 Å². The van der Waals surface area contributed by atoms with Gasteiger partial charge in [-0.2, -0.15) is 8.78 Å². The maximum atomic E-state index is 12.2. The van der Waals surface area contributed by atoms with Crippen molar-refractivity contribution in [2.75, 3.05) is 26.2 Å². The molecule has 184 valence electrons. The van der Waals surface area contributed by atoms with Crippen LogP contribution in [0.5, 0.6) is 5.75 Å². The van der Waals surface area contributed by atoms with Crippen molar-refractivity contribution in [2.45, 2.75) is 52.9 Å². The normalized spacial score (nSPS) is 13.2. The first-order chi connectivity index (χ1) is 14.7. The predicted molar refractivity (Wildman–Crippen MR) is 131 cm³/mol. The zero-order valence-corrected chi connectivity index (χ0v) is 21.3. The van der Waals surface area contributed by atoms with Gasteiger partial charge in [-0.1, -0.05) is 26.0 Å². The number of hydrogen-bond acceptors (Lipinski definition) is 5. The summed E-state index contributed by atoms with van der Waals surface area (Å²) in [6.45, 7) is 6.29. The van der Waals surface area contributed by atoms with Crippen LogP contribution in [0.4, 0.5) is 13.6 Å². The lowest BCUT2D eigenvalue weighted by Crippen LogP contribution is -2.47. The first-order valence-corrected chi connectivity index (χ1v) is 10.4. The van der Waals surface area contributed by atoms with E-state index in [9.17, 15) is 18.7 Å². The largest absolute Gasteiger partial charge is 0.450 e. The molecule has 1 rings (SSSR count). The van der Waals surface area contributed by atoms with Crippen LogP contribution in [0.3, 0.4) is 0 Å². The summed E-state index contributed by atoms with van der Waals surface area (Å²) in [5, 5.41) is 19.4. The van der Waals surface area contributed by atoms with Crippen molar-refractivity contribution >= 4 is 36.0 Å². The fraction of sp³-hybridized carbons (Fsp3) is 0.619. The van der Waals surface area contributed by atoms with Crippen LogP contribution >= 0.6 is 24.0 Å². The summed E-state index contributed by atoms with van der Waals surface area (Å²) in [5.41, 5.74) is 0.530. The number of carbonyl (C=O) groups is 1. The average Bonchev–Trinajstić information content (AvgIpc) is 2.69. The summed E-state index contributed by atoms with van der Waals surface area (Å²) in [5.74, 6) is 0.875. The highest BCUT2D eigenvalue weighted by atomic mass is 127. The van der Waals surface area contributed by atoms with Crippen LogP contribution in [0.25, 0.3) is 0 Å². The average molecular weight is 572 g/mol. The van der Waals surface area contributed by atoms with Crippen molar-refractivity contribution in [2.24, 2.45) is 10.9 Å². The zero-order valence-electron chi connectivity index (χ0n) is 18.9. The lowest BCUT2D eigenvalue weighted by Gasteiger charge is -2.22. The molecule has 0 radical (unpaired) electrons. The fourth-order valence-corrected chi connectivity index (χ4v) is 2.82. The summed E-state index contributed by atoms with van der Waals surface area (Å²) < 4.78 is 33.7. The number of amides is 1. The maximum absolute atomic E-state index is 12.2. The van der Waals surface area contributed by atoms with E-state index in [1.54, 1.807) is 6.92 Å². The molecule has 32 heavy (non-hydrogen) atoms. The number of rotatable bonds is 12. The topological polar surface area (TPSA) is 104 Å². The molecule has 1 aromatic carbocycles. The van der Waals surface area contributed by atoms with Gasteiger partial charge in [-0.25, -0.2) is 4.79 Å². The van der Waals surface area contributed by atoms with Crippen molar-refractivity contribution in [1.82, 2.24) is 16.0 Å². The molecular formula is C21H35F2IN4O4. The zero-order chi connectivity index (χ0) is 23.2. The lowest BCUT2D eigenvalue weighted by molar-refractivity contribution is -0.0498. The Balaban J connectivity index is 0.00000961. The molecule has 0 fully saturated rings. The standard InChI is InChI=1S/C21H34F2N4O4.HI/c1-5-24-20(25-12-16(11-14(3)4)27-21(29)30-6-2)26-13-18(28)15-7-9-17(10-8-15)31-19(22)23;/h7-10,14,16,18-19,28H,5-6,11-13H2,1-4H3,(H,27,29)(H2,24,25,26);1H. The summed E-state index contributed by atoms with van der Waals surface area (Å²) >= 11 is 0. The van der Waals surface area contributed by atoms with Crippen LogP contribution in [0.1, 0.15) is 45.8 Å². The van der Waals surface area contributed by atoms with Crippen LogP contribution < -0.4 is 20.7 Å². The van der Waals surface area contributed by atoms with E-state index in [0.29, 0.717) is 37.1 Å². The van der Waals surface area contributed by atoms with E-state index in [-0.39, 0.29) is 42.3 Å². The quantitative estimate of drug-likeness (QED) is 0.173. The van der Waals surface area contributed by atoms with E-state index in [2.05, 4.69) is 39.5 Å². The molecule has 0 heterocycles. The molecule has 8 nitrogen and oxygen atoms in total. The number of alkyl carbamates (subject to hydrolysis) is 1. The number of alkyl halides is 2. The first-order valence-electron chi connectivity index (χ1n) is 10.4. The van der Waals surface area contributed by atoms with Gasteiger partial charge in [0.15, 0.2) is 5.96 Å². The van der Waals surface area contributed by atoms with Crippen LogP contribution in [-0.2, 0) is 4.74 Å². The Morgan fingerprint density at radius 3 is 2.34 bits per heavy atom. The molecule has 11 heteroatoms. The molecule has 4 N–H and O–H groups in total. The van der Waals surface area contributed by atoms with Crippen LogP contribution in [0.2, 0.25) is 0 Å². The number of benzene rings is 1. The predicted octanol–water partition coefficient (Wildman–Crippen LogP) is 3.66. The lowest BCUT2D eigenvalue weighted by atomic mass is 10.0. The highest BCUT2D eigenvalue weighted by molar-refractivity contribution is 14.0. The monoisotopic (exact) mass is 572 g/mol. The third-order valence-corrected chi connectivity index (χ3v) is 4.13. The summed E-state index contributed by atoms with van der Waals surface area (Å²) in [6.07, 6.45) is -0.632. The minimum atomic E-state index is -2.90. The number of hydrogen-bond donors (Lipinski definition) is 4. The van der Waals surface area contributed by atoms with Gasteiger partial charge in [-0.3, -0.25) is 4.99 Å². The van der Waals surface area contributed by atoms with Gasteiger partial charge in [-0.05, 0) is 43.9 Å². The van der Waals surface area contributed by atoms with Gasteiger partial charge in [0.05, 0.1) is 19.3 Å². The van der Waals surface area contributed by atoms with E-state index in [4.69, 9.17) is 4.74 Å². The van der Waals surface area contributed by atoms with Crippen LogP contribution in [0, 0.1) is 5.92 Å². The molecule has 0 aliphatic heterocycles. The van der Waals surface area contributed by atoms with Gasteiger partial charge in [0.2, 0.25) is 0 Å². The number of halogens is 3. The van der Waals surface area contributed by atoms with Crippen molar-refractivity contribution in [3.05, 3.63) is 29.8 Å². The third-order valence-electron chi connectivity index (χ3n) is 4.13. The molecule has 0 saturated carbocycles. The van der Waals surface area contributed by atoms with E-state index in [1.807, 2.05) is 6.92 Å². The number of aliphatic hydroxyl groups is 1. The SMILES string of the molecule is CCNC(=NCC(O)c1ccc(OC(F)F)cc1)NCC(CC(C)C)NC(=O)OCC.I. The number of aliphatic hydroxyl groups excluding tert-OH is 1. The minimum Gasteiger partial charge on any atom is -0.450 e. The first kappa shape index (κ1) is 30.1. The Kier molecular flexibility index (Phi) is 15.7. The molecule has 1 aromatic rings. The number of ether oxygens (including phenoxy) is 2. The van der Waals surface area contributed by atoms with Gasteiger partial charge in [-0.15, -0.1) is 24.0 Å². The Bertz CT molecular complexity index is 678. The number of aliphatic imine (C=N–C) groups is 1. The highest BCUT2D eigenvalue weighted by Gasteiger charge is 2.16. The summed E-state index contributed by atoms with van der Waals surface area (Å²) in [6, 6.07) is 5.61. The Hall–Kier alpha value is -1.89. The molecule has 0 bridgehead atoms. The second-order valence-electron chi connectivity index (χ2n) is 7.26. The van der Waals surface area contributed by atoms with E-state index in [0.717, 1.165) is 6.42 Å². The molecule has 0 saturated heterocycles. The molecule has 0 aliphatic carbocycles. The second-order valence-corrected chi connectivity index (χ2v) is 7.26.